The van der Waals surface area contributed by atoms with Gasteiger partial charge in [0.15, 0.2) is 0 Å². The lowest BCUT2D eigenvalue weighted by molar-refractivity contribution is 0.426. The summed E-state index contributed by atoms with van der Waals surface area (Å²) in [6, 6.07) is 10.3. The van der Waals surface area contributed by atoms with E-state index in [9.17, 15) is 0 Å². The number of nitrogens with zero attached hydrogens (tertiary/aromatic N) is 5. The monoisotopic (exact) mass is 309 g/mol. The molecule has 1 aromatic carbocycles. The molecule has 3 aromatic rings. The lowest BCUT2D eigenvalue weighted by atomic mass is 10.2. The molecule has 2 aromatic heterocycles. The van der Waals surface area contributed by atoms with Gasteiger partial charge < -0.3 is 14.0 Å². The molecule has 6 nitrogen and oxygen atoms in total. The summed E-state index contributed by atoms with van der Waals surface area (Å²) < 4.78 is 7.63. The number of hydrogen-bond acceptors (Lipinski definition) is 5. The SMILES string of the molecule is Cc1nccn1C[C@H]1CCCN1c1noc(-c2ccccc2)n1. The van der Waals surface area contributed by atoms with Gasteiger partial charge in [0.1, 0.15) is 5.82 Å². The van der Waals surface area contributed by atoms with Crippen molar-refractivity contribution >= 4 is 5.95 Å². The molecular weight excluding hydrogens is 290 g/mol. The van der Waals surface area contributed by atoms with Gasteiger partial charge in [0.25, 0.3) is 11.8 Å². The molecule has 0 N–H and O–H groups in total. The number of rotatable bonds is 4. The maximum Gasteiger partial charge on any atom is 0.266 e. The summed E-state index contributed by atoms with van der Waals surface area (Å²) in [5.41, 5.74) is 0.951. The van der Waals surface area contributed by atoms with Crippen LogP contribution < -0.4 is 4.90 Å². The summed E-state index contributed by atoms with van der Waals surface area (Å²) in [6.07, 6.45) is 6.15. The lowest BCUT2D eigenvalue weighted by Gasteiger charge is -2.23. The zero-order chi connectivity index (χ0) is 15.6. The predicted octanol–water partition coefficient (Wildman–Crippen LogP) is 2.91. The molecule has 118 valence electrons. The number of aromatic nitrogens is 4. The van der Waals surface area contributed by atoms with Crippen molar-refractivity contribution in [2.45, 2.75) is 32.4 Å². The Bertz CT molecular complexity index is 779. The van der Waals surface area contributed by atoms with Crippen molar-refractivity contribution in [3.05, 3.63) is 48.5 Å². The zero-order valence-electron chi connectivity index (χ0n) is 13.1. The van der Waals surface area contributed by atoms with Crippen LogP contribution in [0.3, 0.4) is 0 Å². The predicted molar refractivity (Wildman–Crippen MR) is 87.1 cm³/mol. The Morgan fingerprint density at radius 3 is 2.91 bits per heavy atom. The Morgan fingerprint density at radius 1 is 1.26 bits per heavy atom. The Labute approximate surface area is 134 Å². The van der Waals surface area contributed by atoms with Crippen LogP contribution in [0.4, 0.5) is 5.95 Å². The smallest absolute Gasteiger partial charge is 0.266 e. The molecule has 3 heterocycles. The maximum absolute atomic E-state index is 5.45. The fraction of sp³-hybridized carbons (Fsp3) is 0.353. The van der Waals surface area contributed by atoms with Crippen molar-refractivity contribution in [3.8, 4) is 11.5 Å². The fourth-order valence-corrected chi connectivity index (χ4v) is 3.14. The molecule has 0 amide bonds. The van der Waals surface area contributed by atoms with Gasteiger partial charge in [-0.15, -0.1) is 0 Å². The molecule has 1 saturated heterocycles. The lowest BCUT2D eigenvalue weighted by Crippen LogP contribution is -2.33. The minimum atomic E-state index is 0.379. The van der Waals surface area contributed by atoms with E-state index in [-0.39, 0.29) is 0 Å². The average molecular weight is 309 g/mol. The van der Waals surface area contributed by atoms with Gasteiger partial charge in [-0.2, -0.15) is 4.98 Å². The third kappa shape index (κ3) is 2.72. The van der Waals surface area contributed by atoms with Crippen LogP contribution in [0.15, 0.2) is 47.2 Å². The van der Waals surface area contributed by atoms with Crippen molar-refractivity contribution in [2.75, 3.05) is 11.4 Å². The summed E-state index contributed by atoms with van der Waals surface area (Å²) in [5.74, 6) is 2.30. The van der Waals surface area contributed by atoms with E-state index < -0.39 is 0 Å². The Kier molecular flexibility index (Phi) is 3.57. The van der Waals surface area contributed by atoms with E-state index in [1.807, 2.05) is 49.6 Å². The number of imidazole rings is 1. The van der Waals surface area contributed by atoms with Crippen LogP contribution in [0.25, 0.3) is 11.5 Å². The third-order valence-electron chi connectivity index (χ3n) is 4.40. The Hall–Kier alpha value is -2.63. The third-order valence-corrected chi connectivity index (χ3v) is 4.40. The van der Waals surface area contributed by atoms with E-state index >= 15 is 0 Å². The maximum atomic E-state index is 5.45. The summed E-state index contributed by atoms with van der Waals surface area (Å²) in [5, 5.41) is 4.19. The first-order valence-corrected chi connectivity index (χ1v) is 7.95. The van der Waals surface area contributed by atoms with Gasteiger partial charge in [0.2, 0.25) is 0 Å². The molecule has 0 saturated carbocycles. The van der Waals surface area contributed by atoms with E-state index in [2.05, 4.69) is 24.6 Å². The fourth-order valence-electron chi connectivity index (χ4n) is 3.14. The molecule has 4 rings (SSSR count). The van der Waals surface area contributed by atoms with E-state index in [0.717, 1.165) is 37.3 Å². The molecule has 6 heteroatoms. The average Bonchev–Trinajstić information content (AvgIpc) is 3.30. The first-order chi connectivity index (χ1) is 11.3. The van der Waals surface area contributed by atoms with Gasteiger partial charge in [0.05, 0.1) is 6.04 Å². The second kappa shape index (κ2) is 5.87. The van der Waals surface area contributed by atoms with Gasteiger partial charge >= 0.3 is 0 Å². The number of hydrogen-bond donors (Lipinski definition) is 0. The second-order valence-electron chi connectivity index (χ2n) is 5.88. The van der Waals surface area contributed by atoms with E-state index in [1.54, 1.807) is 0 Å². The standard InChI is InChI=1S/C17H19N5O/c1-13-18-9-11-21(13)12-15-8-5-10-22(15)17-19-16(23-20-17)14-6-3-2-4-7-14/h2-4,6-7,9,11,15H,5,8,10,12H2,1H3/t15-/m1/s1. The van der Waals surface area contributed by atoms with Crippen LogP contribution in [0, 0.1) is 6.92 Å². The molecule has 1 aliphatic rings. The van der Waals surface area contributed by atoms with Crippen LogP contribution in [0.5, 0.6) is 0 Å². The second-order valence-corrected chi connectivity index (χ2v) is 5.88. The normalized spacial score (nSPS) is 17.8. The largest absolute Gasteiger partial charge is 0.333 e. The van der Waals surface area contributed by atoms with Crippen LogP contribution in [0.1, 0.15) is 18.7 Å². The molecule has 0 radical (unpaired) electrons. The molecular formula is C17H19N5O. The van der Waals surface area contributed by atoms with Gasteiger partial charge in [-0.1, -0.05) is 18.2 Å². The van der Waals surface area contributed by atoms with Crippen LogP contribution in [0.2, 0.25) is 0 Å². The van der Waals surface area contributed by atoms with Crippen molar-refractivity contribution in [2.24, 2.45) is 0 Å². The van der Waals surface area contributed by atoms with Crippen LogP contribution in [-0.4, -0.2) is 32.3 Å². The molecule has 1 fully saturated rings. The minimum Gasteiger partial charge on any atom is -0.333 e. The van der Waals surface area contributed by atoms with E-state index in [0.29, 0.717) is 17.9 Å². The van der Waals surface area contributed by atoms with E-state index in [1.165, 1.54) is 0 Å². The summed E-state index contributed by atoms with van der Waals surface area (Å²) in [4.78, 5) is 11.1. The number of benzene rings is 1. The molecule has 1 aliphatic heterocycles. The highest BCUT2D eigenvalue weighted by atomic mass is 16.5. The Balaban J connectivity index is 1.55. The highest BCUT2D eigenvalue weighted by Crippen LogP contribution is 2.27. The van der Waals surface area contributed by atoms with Gasteiger partial charge in [-0.25, -0.2) is 4.98 Å². The number of aryl methyl sites for hydroxylation is 1. The van der Waals surface area contributed by atoms with Crippen molar-refractivity contribution < 1.29 is 4.52 Å². The Morgan fingerprint density at radius 2 is 2.13 bits per heavy atom. The van der Waals surface area contributed by atoms with E-state index in [4.69, 9.17) is 4.52 Å². The van der Waals surface area contributed by atoms with Crippen molar-refractivity contribution in [3.63, 3.8) is 0 Å². The summed E-state index contributed by atoms with van der Waals surface area (Å²) >= 11 is 0. The highest BCUT2D eigenvalue weighted by molar-refractivity contribution is 5.54. The summed E-state index contributed by atoms with van der Waals surface area (Å²) in [6.45, 7) is 3.90. The van der Waals surface area contributed by atoms with Gasteiger partial charge in [-0.05, 0) is 37.1 Å². The van der Waals surface area contributed by atoms with Crippen molar-refractivity contribution in [1.29, 1.82) is 0 Å². The molecule has 23 heavy (non-hydrogen) atoms. The molecule has 0 aliphatic carbocycles. The molecule has 0 bridgehead atoms. The highest BCUT2D eigenvalue weighted by Gasteiger charge is 2.29. The summed E-state index contributed by atoms with van der Waals surface area (Å²) in [7, 11) is 0. The van der Waals surface area contributed by atoms with Crippen molar-refractivity contribution in [1.82, 2.24) is 19.7 Å². The first kappa shape index (κ1) is 14.0. The topological polar surface area (TPSA) is 60.0 Å². The molecule has 0 unspecified atom stereocenters. The van der Waals surface area contributed by atoms with Gasteiger partial charge in [-0.3, -0.25) is 0 Å². The first-order valence-electron chi connectivity index (χ1n) is 7.95. The van der Waals surface area contributed by atoms with Gasteiger partial charge in [0, 0.05) is 31.0 Å². The minimum absolute atomic E-state index is 0.379. The quantitative estimate of drug-likeness (QED) is 0.741. The molecule has 1 atom stereocenters. The zero-order valence-corrected chi connectivity index (χ0v) is 13.1. The van der Waals surface area contributed by atoms with Crippen LogP contribution in [-0.2, 0) is 6.54 Å². The van der Waals surface area contributed by atoms with Crippen LogP contribution >= 0.6 is 0 Å². The molecule has 0 spiro atoms. The number of anilines is 1.